The van der Waals surface area contributed by atoms with Crippen molar-refractivity contribution < 1.29 is 9.59 Å². The summed E-state index contributed by atoms with van der Waals surface area (Å²) >= 11 is 0. The molecule has 1 aromatic rings. The van der Waals surface area contributed by atoms with E-state index in [4.69, 9.17) is 0 Å². The minimum Gasteiger partial charge on any atom is -0.352 e. The summed E-state index contributed by atoms with van der Waals surface area (Å²) in [5.41, 5.74) is 2.12. The largest absolute Gasteiger partial charge is 0.352 e. The van der Waals surface area contributed by atoms with Gasteiger partial charge in [0.15, 0.2) is 0 Å². The molecule has 2 N–H and O–H groups in total. The Morgan fingerprint density at radius 3 is 2.04 bits per heavy atom. The molecule has 0 atom stereocenters. The zero-order chi connectivity index (χ0) is 19.8. The second-order valence-corrected chi connectivity index (χ2v) is 9.08. The van der Waals surface area contributed by atoms with E-state index in [0.717, 1.165) is 24.9 Å². The first-order valence-corrected chi connectivity index (χ1v) is 9.60. The monoisotopic (exact) mass is 360 g/mol. The number of hydrogen-bond donors (Lipinski definition) is 2. The molecule has 4 heteroatoms. The van der Waals surface area contributed by atoms with Crippen LogP contribution in [0.5, 0.6) is 0 Å². The van der Waals surface area contributed by atoms with Gasteiger partial charge in [-0.15, -0.1) is 0 Å². The van der Waals surface area contributed by atoms with Crippen LogP contribution >= 0.6 is 0 Å². The summed E-state index contributed by atoms with van der Waals surface area (Å²) in [6.07, 6.45) is 2.56. The maximum Gasteiger partial charge on any atom is 0.220 e. The van der Waals surface area contributed by atoms with Crippen LogP contribution in [-0.2, 0) is 22.7 Å². The fraction of sp³-hybridized carbons (Fsp3) is 0.636. The minimum absolute atomic E-state index is 0.0476. The van der Waals surface area contributed by atoms with Crippen LogP contribution in [0.3, 0.4) is 0 Å². The van der Waals surface area contributed by atoms with Crippen molar-refractivity contribution in [2.24, 2.45) is 5.41 Å². The Labute approximate surface area is 159 Å². The lowest BCUT2D eigenvalue weighted by molar-refractivity contribution is -0.126. The van der Waals surface area contributed by atoms with E-state index in [-0.39, 0.29) is 22.6 Å². The molecule has 0 fully saturated rings. The zero-order valence-corrected chi connectivity index (χ0v) is 17.4. The summed E-state index contributed by atoms with van der Waals surface area (Å²) < 4.78 is 0. The number of Topliss-reactive ketones (excluding diaryl/α,β-unsaturated/α-hetero) is 1. The molecule has 0 saturated heterocycles. The number of benzene rings is 1. The number of unbranched alkanes of at least 4 members (excludes halogenated alkanes) is 1. The number of hydrogen-bond acceptors (Lipinski definition) is 3. The van der Waals surface area contributed by atoms with Crippen molar-refractivity contribution in [2.45, 2.75) is 85.9 Å². The molecule has 0 saturated carbocycles. The summed E-state index contributed by atoms with van der Waals surface area (Å²) in [4.78, 5) is 23.9. The van der Waals surface area contributed by atoms with E-state index in [0.29, 0.717) is 19.4 Å². The highest BCUT2D eigenvalue weighted by Crippen LogP contribution is 2.18. The number of carbonyl (C=O) groups excluding carboxylic acids is 2. The fourth-order valence-corrected chi connectivity index (χ4v) is 2.45. The Bertz CT molecular complexity index is 595. The predicted molar refractivity (Wildman–Crippen MR) is 108 cm³/mol. The third kappa shape index (κ3) is 9.71. The van der Waals surface area contributed by atoms with Gasteiger partial charge in [0.25, 0.3) is 0 Å². The number of nitrogens with one attached hydrogen (secondary N) is 2. The summed E-state index contributed by atoms with van der Waals surface area (Å²) in [6.45, 7) is 13.6. The molecule has 0 spiro atoms. The molecule has 0 unspecified atom stereocenters. The fourth-order valence-electron chi connectivity index (χ4n) is 2.45. The van der Waals surface area contributed by atoms with Gasteiger partial charge in [0.05, 0.1) is 0 Å². The zero-order valence-electron chi connectivity index (χ0n) is 17.4. The first-order chi connectivity index (χ1) is 12.0. The molecule has 0 aromatic heterocycles. The molecule has 26 heavy (non-hydrogen) atoms. The molecule has 1 aromatic carbocycles. The highest BCUT2D eigenvalue weighted by atomic mass is 16.1. The van der Waals surface area contributed by atoms with Crippen molar-refractivity contribution in [3.8, 4) is 0 Å². The van der Waals surface area contributed by atoms with Crippen LogP contribution < -0.4 is 10.6 Å². The number of rotatable bonds is 9. The van der Waals surface area contributed by atoms with Crippen LogP contribution in [0.2, 0.25) is 0 Å². The van der Waals surface area contributed by atoms with Crippen LogP contribution in [0.15, 0.2) is 24.3 Å². The van der Waals surface area contributed by atoms with E-state index in [1.54, 1.807) is 0 Å². The Kier molecular flexibility index (Phi) is 8.48. The third-order valence-corrected chi connectivity index (χ3v) is 4.20. The SMILES string of the molecule is CC(C)(C)NCc1cccc(CNC(=O)CCCCC(=O)C(C)(C)C)c1. The van der Waals surface area contributed by atoms with E-state index in [9.17, 15) is 9.59 Å². The van der Waals surface area contributed by atoms with Gasteiger partial charge in [-0.1, -0.05) is 45.0 Å². The minimum atomic E-state index is -0.283. The second kappa shape index (κ2) is 9.86. The van der Waals surface area contributed by atoms with Crippen molar-refractivity contribution in [1.82, 2.24) is 10.6 Å². The topological polar surface area (TPSA) is 58.2 Å². The first kappa shape index (κ1) is 22.4. The molecule has 0 aliphatic heterocycles. The van der Waals surface area contributed by atoms with E-state index >= 15 is 0 Å². The van der Waals surface area contributed by atoms with Gasteiger partial charge in [0, 0.05) is 36.9 Å². The summed E-state index contributed by atoms with van der Waals surface area (Å²) in [6, 6.07) is 8.28. The number of ketones is 1. The summed E-state index contributed by atoms with van der Waals surface area (Å²) in [7, 11) is 0. The van der Waals surface area contributed by atoms with Crippen LogP contribution in [0, 0.1) is 5.41 Å². The standard InChI is InChI=1S/C22H36N2O2/c1-21(2,3)19(25)12-7-8-13-20(26)23-15-17-10-9-11-18(14-17)16-24-22(4,5)6/h9-11,14,24H,7-8,12-13,15-16H2,1-6H3,(H,23,26). The average Bonchev–Trinajstić information content (AvgIpc) is 2.53. The normalized spacial score (nSPS) is 12.1. The molecule has 1 rings (SSSR count). The van der Waals surface area contributed by atoms with Crippen molar-refractivity contribution >= 4 is 11.7 Å². The molecule has 4 nitrogen and oxygen atoms in total. The van der Waals surface area contributed by atoms with Crippen molar-refractivity contribution in [3.05, 3.63) is 35.4 Å². The van der Waals surface area contributed by atoms with Crippen molar-refractivity contribution in [2.75, 3.05) is 0 Å². The van der Waals surface area contributed by atoms with Gasteiger partial charge in [0.1, 0.15) is 5.78 Å². The van der Waals surface area contributed by atoms with Gasteiger partial charge >= 0.3 is 0 Å². The molecule has 146 valence electrons. The van der Waals surface area contributed by atoms with Crippen LogP contribution in [0.25, 0.3) is 0 Å². The molecule has 0 bridgehead atoms. The van der Waals surface area contributed by atoms with Gasteiger partial charge in [0.2, 0.25) is 5.91 Å². The van der Waals surface area contributed by atoms with Crippen LogP contribution in [-0.4, -0.2) is 17.2 Å². The predicted octanol–water partition coefficient (Wildman–Crippen LogP) is 4.37. The average molecular weight is 361 g/mol. The van der Waals surface area contributed by atoms with Crippen LogP contribution in [0.4, 0.5) is 0 Å². The van der Waals surface area contributed by atoms with Crippen molar-refractivity contribution in [1.29, 1.82) is 0 Å². The molecule has 0 heterocycles. The van der Waals surface area contributed by atoms with Gasteiger partial charge in [-0.05, 0) is 44.7 Å². The molecular formula is C22H36N2O2. The van der Waals surface area contributed by atoms with Crippen molar-refractivity contribution in [3.63, 3.8) is 0 Å². The second-order valence-electron chi connectivity index (χ2n) is 9.08. The third-order valence-electron chi connectivity index (χ3n) is 4.20. The van der Waals surface area contributed by atoms with E-state index in [1.807, 2.05) is 32.9 Å². The van der Waals surface area contributed by atoms with Gasteiger partial charge in [-0.3, -0.25) is 9.59 Å². The van der Waals surface area contributed by atoms with Crippen LogP contribution in [0.1, 0.15) is 78.4 Å². The van der Waals surface area contributed by atoms with Gasteiger partial charge < -0.3 is 10.6 Å². The smallest absolute Gasteiger partial charge is 0.220 e. The molecule has 0 radical (unpaired) electrons. The Balaban J connectivity index is 2.31. The number of amides is 1. The lowest BCUT2D eigenvalue weighted by Gasteiger charge is -2.20. The molecule has 0 aliphatic rings. The maximum absolute atomic E-state index is 12.0. The highest BCUT2D eigenvalue weighted by molar-refractivity contribution is 5.83. The molecule has 0 aliphatic carbocycles. The lowest BCUT2D eigenvalue weighted by Crippen LogP contribution is -2.35. The number of carbonyl (C=O) groups is 2. The Morgan fingerprint density at radius 2 is 1.46 bits per heavy atom. The lowest BCUT2D eigenvalue weighted by atomic mass is 9.88. The van der Waals surface area contributed by atoms with Gasteiger partial charge in [-0.2, -0.15) is 0 Å². The Morgan fingerprint density at radius 1 is 0.885 bits per heavy atom. The summed E-state index contributed by atoms with van der Waals surface area (Å²) in [5, 5.41) is 6.44. The highest BCUT2D eigenvalue weighted by Gasteiger charge is 2.20. The molecule has 1 amide bonds. The summed E-state index contributed by atoms with van der Waals surface area (Å²) in [5.74, 6) is 0.310. The van der Waals surface area contributed by atoms with E-state index in [2.05, 4.69) is 43.5 Å². The maximum atomic E-state index is 12.0. The van der Waals surface area contributed by atoms with Gasteiger partial charge in [-0.25, -0.2) is 0 Å². The van der Waals surface area contributed by atoms with E-state index in [1.165, 1.54) is 5.56 Å². The Hall–Kier alpha value is -1.68. The van der Waals surface area contributed by atoms with E-state index < -0.39 is 0 Å². The first-order valence-electron chi connectivity index (χ1n) is 9.60. The molecular weight excluding hydrogens is 324 g/mol. The quantitative estimate of drug-likeness (QED) is 0.643.